The van der Waals surface area contributed by atoms with Crippen molar-refractivity contribution in [3.05, 3.63) is 33.9 Å². The molecule has 144 valence electrons. The van der Waals surface area contributed by atoms with Gasteiger partial charge in [0.2, 0.25) is 5.91 Å². The standard InChI is InChI=1S/C14H15F3N2O5S2/c1-13(4-5-26(23,24)8-13)18-12(20)7-25-11-3-2-9(14(15,16)17)6-10(11)19(21)22/h2-3,6H,4-5,7-8H2,1H3,(H,18,20). The van der Waals surface area contributed by atoms with Gasteiger partial charge in [-0.2, -0.15) is 13.2 Å². The molecule has 12 heteroatoms. The van der Waals surface area contributed by atoms with Gasteiger partial charge in [0.1, 0.15) is 0 Å². The topological polar surface area (TPSA) is 106 Å². The zero-order chi connectivity index (χ0) is 19.8. The van der Waals surface area contributed by atoms with Gasteiger partial charge in [0, 0.05) is 6.07 Å². The number of carbonyl (C=O) groups excluding carboxylic acids is 1. The fraction of sp³-hybridized carbons (Fsp3) is 0.500. The van der Waals surface area contributed by atoms with Gasteiger partial charge in [0.05, 0.1) is 38.2 Å². The minimum absolute atomic E-state index is 0.0404. The molecule has 1 saturated heterocycles. The summed E-state index contributed by atoms with van der Waals surface area (Å²) >= 11 is 0.714. The summed E-state index contributed by atoms with van der Waals surface area (Å²) in [4.78, 5) is 22.0. The van der Waals surface area contributed by atoms with Crippen LogP contribution in [0, 0.1) is 10.1 Å². The number of nitrogens with zero attached hydrogens (tertiary/aromatic N) is 1. The van der Waals surface area contributed by atoms with Crippen molar-refractivity contribution >= 4 is 33.2 Å². The largest absolute Gasteiger partial charge is 0.416 e. The van der Waals surface area contributed by atoms with Gasteiger partial charge in [0.25, 0.3) is 5.69 Å². The molecule has 1 atom stereocenters. The molecule has 0 spiro atoms. The maximum absolute atomic E-state index is 12.7. The van der Waals surface area contributed by atoms with Crippen LogP contribution in [-0.2, 0) is 20.8 Å². The second-order valence-electron chi connectivity index (χ2n) is 6.18. The van der Waals surface area contributed by atoms with Gasteiger partial charge < -0.3 is 5.32 Å². The van der Waals surface area contributed by atoms with E-state index in [2.05, 4.69) is 5.32 Å². The fourth-order valence-electron chi connectivity index (χ4n) is 2.58. The van der Waals surface area contributed by atoms with Crippen molar-refractivity contribution < 1.29 is 31.3 Å². The Morgan fingerprint density at radius 3 is 2.58 bits per heavy atom. The Balaban J connectivity index is 2.07. The van der Waals surface area contributed by atoms with Crippen molar-refractivity contribution in [2.75, 3.05) is 17.3 Å². The molecule has 1 fully saturated rings. The third-order valence-corrected chi connectivity index (χ3v) is 6.75. The third-order valence-electron chi connectivity index (χ3n) is 3.79. The molecule has 1 unspecified atom stereocenters. The first kappa shape index (κ1) is 20.5. The normalized spacial score (nSPS) is 22.2. The van der Waals surface area contributed by atoms with E-state index in [0.29, 0.717) is 23.9 Å². The molecule has 0 aliphatic carbocycles. The number of halogens is 3. The Morgan fingerprint density at radius 1 is 1.42 bits per heavy atom. The van der Waals surface area contributed by atoms with Crippen LogP contribution in [0.1, 0.15) is 18.9 Å². The lowest BCUT2D eigenvalue weighted by atomic mass is 10.0. The fourth-order valence-corrected chi connectivity index (χ4v) is 5.48. The van der Waals surface area contributed by atoms with E-state index in [-0.39, 0.29) is 28.6 Å². The average molecular weight is 412 g/mol. The van der Waals surface area contributed by atoms with Crippen LogP contribution in [0.25, 0.3) is 0 Å². The molecule has 1 aromatic rings. The number of thioether (sulfide) groups is 1. The van der Waals surface area contributed by atoms with E-state index in [9.17, 15) is 36.5 Å². The number of nitro benzene ring substituents is 1. The van der Waals surface area contributed by atoms with Crippen LogP contribution in [0.15, 0.2) is 23.1 Å². The van der Waals surface area contributed by atoms with Crippen LogP contribution in [-0.4, -0.2) is 42.0 Å². The summed E-state index contributed by atoms with van der Waals surface area (Å²) in [6.45, 7) is 1.58. The van der Waals surface area contributed by atoms with Crippen molar-refractivity contribution in [3.63, 3.8) is 0 Å². The van der Waals surface area contributed by atoms with Crippen LogP contribution < -0.4 is 5.32 Å². The number of carbonyl (C=O) groups is 1. The van der Waals surface area contributed by atoms with Gasteiger partial charge in [0.15, 0.2) is 9.84 Å². The number of hydrogen-bond acceptors (Lipinski definition) is 6. The van der Waals surface area contributed by atoms with E-state index >= 15 is 0 Å². The zero-order valence-electron chi connectivity index (χ0n) is 13.5. The highest BCUT2D eigenvalue weighted by Crippen LogP contribution is 2.36. The zero-order valence-corrected chi connectivity index (χ0v) is 15.1. The third kappa shape index (κ3) is 5.10. The van der Waals surface area contributed by atoms with E-state index in [1.165, 1.54) is 0 Å². The number of amides is 1. The summed E-state index contributed by atoms with van der Waals surface area (Å²) in [5.41, 5.74) is -2.81. The molecule has 1 N–H and O–H groups in total. The summed E-state index contributed by atoms with van der Waals surface area (Å²) in [5, 5.41) is 13.6. The van der Waals surface area contributed by atoms with Gasteiger partial charge in [-0.05, 0) is 25.5 Å². The smallest absolute Gasteiger partial charge is 0.349 e. The van der Waals surface area contributed by atoms with Crippen molar-refractivity contribution in [1.82, 2.24) is 5.32 Å². The Labute approximate surface area is 151 Å². The number of nitrogens with one attached hydrogen (secondary N) is 1. The summed E-state index contributed by atoms with van der Waals surface area (Å²) in [6, 6.07) is 2.07. The average Bonchev–Trinajstić information content (AvgIpc) is 2.77. The lowest BCUT2D eigenvalue weighted by Gasteiger charge is -2.23. The Bertz CT molecular complexity index is 841. The van der Waals surface area contributed by atoms with Gasteiger partial charge in [-0.3, -0.25) is 14.9 Å². The lowest BCUT2D eigenvalue weighted by molar-refractivity contribution is -0.388. The summed E-state index contributed by atoms with van der Waals surface area (Å²) < 4.78 is 61.0. The highest BCUT2D eigenvalue weighted by atomic mass is 32.2. The first-order valence-electron chi connectivity index (χ1n) is 7.31. The predicted molar refractivity (Wildman–Crippen MR) is 88.6 cm³/mol. The highest BCUT2D eigenvalue weighted by molar-refractivity contribution is 8.00. The summed E-state index contributed by atoms with van der Waals surface area (Å²) in [6.07, 6.45) is -4.46. The molecule has 0 aromatic heterocycles. The molecule has 1 heterocycles. The lowest BCUT2D eigenvalue weighted by Crippen LogP contribution is -2.47. The summed E-state index contributed by atoms with van der Waals surface area (Å²) in [7, 11) is -3.22. The minimum atomic E-state index is -4.71. The van der Waals surface area contributed by atoms with Crippen molar-refractivity contribution in [3.8, 4) is 0 Å². The first-order valence-corrected chi connectivity index (χ1v) is 10.1. The quantitative estimate of drug-likeness (QED) is 0.452. The maximum Gasteiger partial charge on any atom is 0.416 e. The summed E-state index contributed by atoms with van der Waals surface area (Å²) in [5.74, 6) is -1.08. The molecular weight excluding hydrogens is 397 g/mol. The molecule has 1 aromatic carbocycles. The molecular formula is C14H15F3N2O5S2. The van der Waals surface area contributed by atoms with Crippen LogP contribution >= 0.6 is 11.8 Å². The molecule has 0 bridgehead atoms. The molecule has 1 amide bonds. The molecule has 0 radical (unpaired) electrons. The molecule has 26 heavy (non-hydrogen) atoms. The number of alkyl halides is 3. The van der Waals surface area contributed by atoms with Gasteiger partial charge in [-0.1, -0.05) is 0 Å². The van der Waals surface area contributed by atoms with Gasteiger partial charge in [-0.25, -0.2) is 8.42 Å². The van der Waals surface area contributed by atoms with Crippen LogP contribution in [0.3, 0.4) is 0 Å². The second kappa shape index (κ2) is 7.06. The number of nitro groups is 1. The molecule has 2 rings (SSSR count). The van der Waals surface area contributed by atoms with Crippen molar-refractivity contribution in [1.29, 1.82) is 0 Å². The Kier molecular flexibility index (Phi) is 5.57. The van der Waals surface area contributed by atoms with E-state index in [1.807, 2.05) is 0 Å². The molecule has 1 aliphatic rings. The molecule has 0 saturated carbocycles. The van der Waals surface area contributed by atoms with E-state index < -0.39 is 43.6 Å². The number of sulfone groups is 1. The molecule has 1 aliphatic heterocycles. The number of rotatable bonds is 5. The van der Waals surface area contributed by atoms with E-state index in [4.69, 9.17) is 0 Å². The predicted octanol–water partition coefficient (Wildman–Crippen LogP) is 2.40. The van der Waals surface area contributed by atoms with E-state index in [1.54, 1.807) is 6.92 Å². The maximum atomic E-state index is 12.7. The number of benzene rings is 1. The van der Waals surface area contributed by atoms with Gasteiger partial charge >= 0.3 is 6.18 Å². The van der Waals surface area contributed by atoms with Gasteiger partial charge in [-0.15, -0.1) is 11.8 Å². The molecule has 7 nitrogen and oxygen atoms in total. The van der Waals surface area contributed by atoms with Crippen molar-refractivity contribution in [2.45, 2.75) is 30.0 Å². The highest BCUT2D eigenvalue weighted by Gasteiger charge is 2.39. The van der Waals surface area contributed by atoms with Crippen LogP contribution in [0.4, 0.5) is 18.9 Å². The van der Waals surface area contributed by atoms with E-state index in [0.717, 1.165) is 6.07 Å². The first-order chi connectivity index (χ1) is 11.8. The Hall–Kier alpha value is -1.82. The SMILES string of the molecule is CC1(NC(=O)CSc2ccc(C(F)(F)F)cc2[N+](=O)[O-])CCS(=O)(=O)C1. The second-order valence-corrected chi connectivity index (χ2v) is 9.38. The van der Waals surface area contributed by atoms with Crippen LogP contribution in [0.2, 0.25) is 0 Å². The van der Waals surface area contributed by atoms with Crippen molar-refractivity contribution in [2.24, 2.45) is 0 Å². The monoisotopic (exact) mass is 412 g/mol. The number of hydrogen-bond donors (Lipinski definition) is 1. The Morgan fingerprint density at radius 2 is 2.08 bits per heavy atom. The van der Waals surface area contributed by atoms with Crippen LogP contribution in [0.5, 0.6) is 0 Å². The minimum Gasteiger partial charge on any atom is -0.349 e.